The minimum absolute atomic E-state index is 0.634. The highest BCUT2D eigenvalue weighted by atomic mass is 32.1. The molecule has 144 valence electrons. The van der Waals surface area contributed by atoms with Gasteiger partial charge in [-0.05, 0) is 48.4 Å². The number of fused-ring (bicyclic) bond motifs is 1. The molecule has 28 heavy (non-hydrogen) atoms. The number of aromatic nitrogens is 1. The van der Waals surface area contributed by atoms with E-state index in [1.165, 1.54) is 11.3 Å². The summed E-state index contributed by atoms with van der Waals surface area (Å²) in [4.78, 5) is 4.28. The second-order valence-corrected chi connectivity index (χ2v) is 7.82. The predicted octanol–water partition coefficient (Wildman–Crippen LogP) is 6.61. The standard InChI is InChI=1S/C22H18F3NOS/c1-21(19-11-12-20(27-2)28-19,14-7-9-15(10-8-14)22(23,24)25)17-13-26-18-6-4-3-5-16(17)18/h3-13,26H,1-2H3. The summed E-state index contributed by atoms with van der Waals surface area (Å²) in [7, 11) is 1.61. The SMILES string of the molecule is COc1ccc(C(C)(c2ccc(C(F)(F)F)cc2)c2c[nH]c3ccccc23)s1. The lowest BCUT2D eigenvalue weighted by atomic mass is 9.74. The van der Waals surface area contributed by atoms with Crippen molar-refractivity contribution in [3.05, 3.63) is 88.4 Å². The van der Waals surface area contributed by atoms with E-state index in [1.807, 2.05) is 49.5 Å². The summed E-state index contributed by atoms with van der Waals surface area (Å²) in [6.45, 7) is 2.04. The van der Waals surface area contributed by atoms with E-state index in [-0.39, 0.29) is 0 Å². The van der Waals surface area contributed by atoms with Crippen LogP contribution in [0.5, 0.6) is 5.06 Å². The molecule has 0 spiro atoms. The summed E-state index contributed by atoms with van der Waals surface area (Å²) in [6.07, 6.45) is -2.42. The fourth-order valence-corrected chi connectivity index (χ4v) is 4.61. The number of methoxy groups -OCH3 is 1. The van der Waals surface area contributed by atoms with Crippen LogP contribution in [-0.2, 0) is 11.6 Å². The smallest absolute Gasteiger partial charge is 0.416 e. The zero-order chi connectivity index (χ0) is 19.9. The number of aromatic amines is 1. The molecule has 0 radical (unpaired) electrons. The molecule has 0 aliphatic carbocycles. The molecule has 4 aromatic rings. The number of benzene rings is 2. The normalized spacial score (nSPS) is 14.2. The fraction of sp³-hybridized carbons (Fsp3) is 0.182. The van der Waals surface area contributed by atoms with Crippen molar-refractivity contribution in [2.75, 3.05) is 7.11 Å². The number of halogens is 3. The van der Waals surface area contributed by atoms with Gasteiger partial charge in [0.05, 0.1) is 18.1 Å². The first-order chi connectivity index (χ1) is 13.3. The lowest BCUT2D eigenvalue weighted by molar-refractivity contribution is -0.137. The highest BCUT2D eigenvalue weighted by Crippen LogP contribution is 2.46. The van der Waals surface area contributed by atoms with Crippen molar-refractivity contribution in [3.8, 4) is 5.06 Å². The molecular weight excluding hydrogens is 383 g/mol. The summed E-state index contributed by atoms with van der Waals surface area (Å²) >= 11 is 1.49. The first kappa shape index (κ1) is 18.6. The van der Waals surface area contributed by atoms with Crippen molar-refractivity contribution in [3.63, 3.8) is 0 Å². The maximum atomic E-state index is 13.1. The molecule has 0 saturated heterocycles. The maximum absolute atomic E-state index is 13.1. The number of rotatable bonds is 4. The van der Waals surface area contributed by atoms with E-state index in [2.05, 4.69) is 4.98 Å². The highest BCUT2D eigenvalue weighted by molar-refractivity contribution is 7.14. The van der Waals surface area contributed by atoms with Gasteiger partial charge in [0, 0.05) is 22.0 Å². The minimum atomic E-state index is -4.36. The average Bonchev–Trinajstić information content (AvgIpc) is 3.34. The van der Waals surface area contributed by atoms with Crippen LogP contribution in [0.3, 0.4) is 0 Å². The van der Waals surface area contributed by atoms with Crippen molar-refractivity contribution >= 4 is 22.2 Å². The molecule has 6 heteroatoms. The molecule has 2 aromatic carbocycles. The molecule has 1 unspecified atom stereocenters. The number of thiophene rings is 1. The van der Waals surface area contributed by atoms with E-state index in [4.69, 9.17) is 4.74 Å². The number of ether oxygens (including phenoxy) is 1. The van der Waals surface area contributed by atoms with Gasteiger partial charge in [-0.2, -0.15) is 13.2 Å². The van der Waals surface area contributed by atoms with E-state index >= 15 is 0 Å². The molecule has 1 N–H and O–H groups in total. The second-order valence-electron chi connectivity index (χ2n) is 6.77. The summed E-state index contributed by atoms with van der Waals surface area (Å²) in [5, 5.41) is 1.80. The molecular formula is C22H18F3NOS. The van der Waals surface area contributed by atoms with Gasteiger partial charge in [0.2, 0.25) is 0 Å². The van der Waals surface area contributed by atoms with Crippen LogP contribution in [0.2, 0.25) is 0 Å². The summed E-state index contributed by atoms with van der Waals surface area (Å²) in [5.41, 5.74) is 1.49. The third kappa shape index (κ3) is 2.98. The van der Waals surface area contributed by atoms with Crippen LogP contribution in [0.4, 0.5) is 13.2 Å². The van der Waals surface area contributed by atoms with Crippen molar-refractivity contribution < 1.29 is 17.9 Å². The monoisotopic (exact) mass is 401 g/mol. The van der Waals surface area contributed by atoms with Crippen LogP contribution in [0, 0.1) is 0 Å². The third-order valence-electron chi connectivity index (χ3n) is 5.19. The molecule has 2 heterocycles. The topological polar surface area (TPSA) is 25.0 Å². The molecule has 0 bridgehead atoms. The molecule has 4 rings (SSSR count). The Morgan fingerprint density at radius 3 is 2.21 bits per heavy atom. The number of nitrogens with one attached hydrogen (secondary N) is 1. The van der Waals surface area contributed by atoms with Gasteiger partial charge in [0.1, 0.15) is 0 Å². The van der Waals surface area contributed by atoms with Gasteiger partial charge in [-0.1, -0.05) is 30.3 Å². The second kappa shape index (κ2) is 6.71. The first-order valence-electron chi connectivity index (χ1n) is 8.72. The Hall–Kier alpha value is -2.73. The van der Waals surface area contributed by atoms with Crippen molar-refractivity contribution in [2.24, 2.45) is 0 Å². The maximum Gasteiger partial charge on any atom is 0.416 e. The summed E-state index contributed by atoms with van der Waals surface area (Å²) < 4.78 is 44.5. The molecule has 0 saturated carbocycles. The van der Waals surface area contributed by atoms with Gasteiger partial charge in [-0.15, -0.1) is 11.3 Å². The minimum Gasteiger partial charge on any atom is -0.487 e. The Kier molecular flexibility index (Phi) is 4.46. The van der Waals surface area contributed by atoms with Crippen molar-refractivity contribution in [1.82, 2.24) is 4.98 Å². The molecule has 0 amide bonds. The molecule has 0 fully saturated rings. The number of para-hydroxylation sites is 1. The molecule has 2 aromatic heterocycles. The lowest BCUT2D eigenvalue weighted by Crippen LogP contribution is -2.24. The Morgan fingerprint density at radius 1 is 0.893 bits per heavy atom. The summed E-state index contributed by atoms with van der Waals surface area (Å²) in [6, 6.07) is 17.2. The summed E-state index contributed by atoms with van der Waals surface area (Å²) in [5.74, 6) is 0. The van der Waals surface area contributed by atoms with Gasteiger partial charge >= 0.3 is 6.18 Å². The Balaban J connectivity index is 1.94. The quantitative estimate of drug-likeness (QED) is 0.409. The number of alkyl halides is 3. The Morgan fingerprint density at radius 2 is 1.57 bits per heavy atom. The van der Waals surface area contributed by atoms with Crippen LogP contribution in [0.15, 0.2) is 66.9 Å². The van der Waals surface area contributed by atoms with Gasteiger partial charge in [0.25, 0.3) is 0 Å². The van der Waals surface area contributed by atoms with Crippen LogP contribution in [0.25, 0.3) is 10.9 Å². The van der Waals surface area contributed by atoms with Crippen LogP contribution in [0.1, 0.15) is 28.5 Å². The van der Waals surface area contributed by atoms with Gasteiger partial charge in [-0.3, -0.25) is 0 Å². The predicted molar refractivity (Wildman–Crippen MR) is 106 cm³/mol. The van der Waals surface area contributed by atoms with Gasteiger partial charge < -0.3 is 9.72 Å². The van der Waals surface area contributed by atoms with E-state index in [0.717, 1.165) is 44.1 Å². The van der Waals surface area contributed by atoms with Crippen LogP contribution in [-0.4, -0.2) is 12.1 Å². The van der Waals surface area contributed by atoms with E-state index < -0.39 is 17.2 Å². The van der Waals surface area contributed by atoms with Crippen molar-refractivity contribution in [1.29, 1.82) is 0 Å². The average molecular weight is 401 g/mol. The molecule has 0 aliphatic rings. The third-order valence-corrected chi connectivity index (χ3v) is 6.46. The molecule has 2 nitrogen and oxygen atoms in total. The van der Waals surface area contributed by atoms with Crippen LogP contribution >= 0.6 is 11.3 Å². The largest absolute Gasteiger partial charge is 0.487 e. The number of hydrogen-bond acceptors (Lipinski definition) is 2. The zero-order valence-corrected chi connectivity index (χ0v) is 16.1. The molecule has 0 aliphatic heterocycles. The lowest BCUT2D eigenvalue weighted by Gasteiger charge is -2.30. The fourth-order valence-electron chi connectivity index (χ4n) is 3.61. The Labute approximate surface area is 164 Å². The van der Waals surface area contributed by atoms with E-state index in [0.29, 0.717) is 0 Å². The Bertz CT molecular complexity index is 1110. The van der Waals surface area contributed by atoms with E-state index in [9.17, 15) is 13.2 Å². The van der Waals surface area contributed by atoms with Gasteiger partial charge in [0.15, 0.2) is 5.06 Å². The van der Waals surface area contributed by atoms with Crippen molar-refractivity contribution in [2.45, 2.75) is 18.5 Å². The highest BCUT2D eigenvalue weighted by Gasteiger charge is 2.36. The van der Waals surface area contributed by atoms with Gasteiger partial charge in [-0.25, -0.2) is 0 Å². The number of H-pyrrole nitrogens is 1. The molecule has 1 atom stereocenters. The first-order valence-corrected chi connectivity index (χ1v) is 9.54. The van der Waals surface area contributed by atoms with E-state index in [1.54, 1.807) is 19.2 Å². The number of hydrogen-bond donors (Lipinski definition) is 1. The zero-order valence-electron chi connectivity index (χ0n) is 15.3. The van der Waals surface area contributed by atoms with Crippen LogP contribution < -0.4 is 4.74 Å².